The predicted molar refractivity (Wildman–Crippen MR) is 79.5 cm³/mol. The summed E-state index contributed by atoms with van der Waals surface area (Å²) in [5.41, 5.74) is 3.65. The molecule has 1 N–H and O–H groups in total. The largest absolute Gasteiger partial charge is 0.376 e. The SMILES string of the molecule is Cc1ccncc1NC(c1ccc(Cl)cc1)C1CC1. The number of rotatable bonds is 4. The minimum atomic E-state index is 0.361. The number of hydrogen-bond acceptors (Lipinski definition) is 2. The molecule has 1 unspecified atom stereocenters. The van der Waals surface area contributed by atoms with Gasteiger partial charge in [0.2, 0.25) is 0 Å². The molecular weight excluding hydrogens is 256 g/mol. The van der Waals surface area contributed by atoms with Gasteiger partial charge in [-0.25, -0.2) is 0 Å². The average Bonchev–Trinajstić information content (AvgIpc) is 3.24. The lowest BCUT2D eigenvalue weighted by Gasteiger charge is -2.21. The summed E-state index contributed by atoms with van der Waals surface area (Å²) in [7, 11) is 0. The van der Waals surface area contributed by atoms with Crippen LogP contribution in [0.3, 0.4) is 0 Å². The first-order chi connectivity index (χ1) is 9.24. The van der Waals surface area contributed by atoms with Crippen LogP contribution >= 0.6 is 11.6 Å². The van der Waals surface area contributed by atoms with E-state index in [1.54, 1.807) is 0 Å². The summed E-state index contributed by atoms with van der Waals surface area (Å²) in [6, 6.07) is 10.6. The fourth-order valence-corrected chi connectivity index (χ4v) is 2.48. The summed E-state index contributed by atoms with van der Waals surface area (Å²) in [5.74, 6) is 0.723. The standard InChI is InChI=1S/C16H17ClN2/c1-11-8-9-18-10-15(11)19-16(12-2-3-12)13-4-6-14(17)7-5-13/h4-10,12,16,19H,2-3H2,1H3. The van der Waals surface area contributed by atoms with Crippen LogP contribution in [0.25, 0.3) is 0 Å². The van der Waals surface area contributed by atoms with Crippen LogP contribution in [-0.2, 0) is 0 Å². The van der Waals surface area contributed by atoms with Crippen molar-refractivity contribution in [3.8, 4) is 0 Å². The molecule has 1 fully saturated rings. The molecule has 0 saturated heterocycles. The van der Waals surface area contributed by atoms with Crippen LogP contribution in [0.5, 0.6) is 0 Å². The number of pyridine rings is 1. The first kappa shape index (κ1) is 12.5. The first-order valence-electron chi connectivity index (χ1n) is 6.66. The molecule has 1 aliphatic carbocycles. The van der Waals surface area contributed by atoms with Crippen molar-refractivity contribution in [2.45, 2.75) is 25.8 Å². The summed E-state index contributed by atoms with van der Waals surface area (Å²) in [6.45, 7) is 2.11. The van der Waals surface area contributed by atoms with Crippen molar-refractivity contribution < 1.29 is 0 Å². The van der Waals surface area contributed by atoms with E-state index in [1.807, 2.05) is 30.6 Å². The molecule has 3 heteroatoms. The van der Waals surface area contributed by atoms with E-state index in [0.717, 1.165) is 16.6 Å². The Bertz CT molecular complexity index is 561. The normalized spacial score (nSPS) is 16.1. The number of halogens is 1. The number of nitrogens with one attached hydrogen (secondary N) is 1. The lowest BCUT2D eigenvalue weighted by atomic mass is 10.0. The van der Waals surface area contributed by atoms with Gasteiger partial charge in [0.05, 0.1) is 17.9 Å². The van der Waals surface area contributed by atoms with Crippen LogP contribution in [0, 0.1) is 12.8 Å². The van der Waals surface area contributed by atoms with E-state index < -0.39 is 0 Å². The molecule has 3 rings (SSSR count). The Labute approximate surface area is 118 Å². The van der Waals surface area contributed by atoms with Gasteiger partial charge in [0, 0.05) is 11.2 Å². The van der Waals surface area contributed by atoms with Gasteiger partial charge < -0.3 is 5.32 Å². The van der Waals surface area contributed by atoms with Crippen LogP contribution < -0.4 is 5.32 Å². The van der Waals surface area contributed by atoms with E-state index in [9.17, 15) is 0 Å². The highest BCUT2D eigenvalue weighted by Crippen LogP contribution is 2.43. The number of nitrogens with zero attached hydrogens (tertiary/aromatic N) is 1. The summed E-state index contributed by atoms with van der Waals surface area (Å²) in [5, 5.41) is 4.43. The van der Waals surface area contributed by atoms with Gasteiger partial charge in [-0.05, 0) is 55.0 Å². The first-order valence-corrected chi connectivity index (χ1v) is 7.04. The number of anilines is 1. The molecule has 19 heavy (non-hydrogen) atoms. The van der Waals surface area contributed by atoms with Crippen molar-refractivity contribution in [1.82, 2.24) is 4.98 Å². The van der Waals surface area contributed by atoms with E-state index in [4.69, 9.17) is 11.6 Å². The molecule has 0 spiro atoms. The Morgan fingerprint density at radius 1 is 1.21 bits per heavy atom. The Kier molecular flexibility index (Phi) is 3.43. The van der Waals surface area contributed by atoms with Crippen molar-refractivity contribution in [2.75, 3.05) is 5.32 Å². The van der Waals surface area contributed by atoms with Gasteiger partial charge in [0.25, 0.3) is 0 Å². The maximum absolute atomic E-state index is 5.97. The lowest BCUT2D eigenvalue weighted by molar-refractivity contribution is 0.678. The second-order valence-corrected chi connectivity index (χ2v) is 5.64. The summed E-state index contributed by atoms with van der Waals surface area (Å²) in [6.07, 6.45) is 6.31. The van der Waals surface area contributed by atoms with Gasteiger partial charge in [-0.1, -0.05) is 23.7 Å². The molecule has 98 valence electrons. The van der Waals surface area contributed by atoms with Crippen LogP contribution in [0.1, 0.15) is 30.0 Å². The minimum Gasteiger partial charge on any atom is -0.376 e. The van der Waals surface area contributed by atoms with Gasteiger partial charge >= 0.3 is 0 Å². The van der Waals surface area contributed by atoms with Gasteiger partial charge in [-0.15, -0.1) is 0 Å². The van der Waals surface area contributed by atoms with E-state index >= 15 is 0 Å². The Morgan fingerprint density at radius 3 is 2.58 bits per heavy atom. The van der Waals surface area contributed by atoms with Crippen molar-refractivity contribution in [2.24, 2.45) is 5.92 Å². The number of aryl methyl sites for hydroxylation is 1. The minimum absolute atomic E-state index is 0.361. The van der Waals surface area contributed by atoms with E-state index in [0.29, 0.717) is 6.04 Å². The molecule has 2 aromatic rings. The lowest BCUT2D eigenvalue weighted by Crippen LogP contribution is -2.13. The van der Waals surface area contributed by atoms with E-state index in [2.05, 4.69) is 29.4 Å². The Balaban J connectivity index is 1.86. The zero-order valence-electron chi connectivity index (χ0n) is 10.9. The Morgan fingerprint density at radius 2 is 1.95 bits per heavy atom. The molecule has 1 aromatic carbocycles. The fourth-order valence-electron chi connectivity index (χ4n) is 2.36. The van der Waals surface area contributed by atoms with Gasteiger partial charge in [-0.3, -0.25) is 4.98 Å². The summed E-state index contributed by atoms with van der Waals surface area (Å²) < 4.78 is 0. The third-order valence-electron chi connectivity index (χ3n) is 3.67. The molecule has 0 aliphatic heterocycles. The molecular formula is C16H17ClN2. The number of hydrogen-bond donors (Lipinski definition) is 1. The second kappa shape index (κ2) is 5.22. The second-order valence-electron chi connectivity index (χ2n) is 5.20. The maximum atomic E-state index is 5.97. The summed E-state index contributed by atoms with van der Waals surface area (Å²) in [4.78, 5) is 4.20. The van der Waals surface area contributed by atoms with E-state index in [-0.39, 0.29) is 0 Å². The highest BCUT2D eigenvalue weighted by atomic mass is 35.5. The molecule has 1 heterocycles. The van der Waals surface area contributed by atoms with Crippen molar-refractivity contribution in [3.63, 3.8) is 0 Å². The topological polar surface area (TPSA) is 24.9 Å². The quantitative estimate of drug-likeness (QED) is 0.879. The fraction of sp³-hybridized carbons (Fsp3) is 0.312. The van der Waals surface area contributed by atoms with Crippen molar-refractivity contribution in [1.29, 1.82) is 0 Å². The van der Waals surface area contributed by atoms with Gasteiger partial charge in [-0.2, -0.15) is 0 Å². The Hall–Kier alpha value is -1.54. The van der Waals surface area contributed by atoms with Crippen molar-refractivity contribution in [3.05, 3.63) is 58.9 Å². The van der Waals surface area contributed by atoms with Crippen LogP contribution in [0.4, 0.5) is 5.69 Å². The highest BCUT2D eigenvalue weighted by Gasteiger charge is 2.32. The third-order valence-corrected chi connectivity index (χ3v) is 3.92. The molecule has 2 nitrogen and oxygen atoms in total. The zero-order chi connectivity index (χ0) is 13.2. The number of benzene rings is 1. The molecule has 1 aliphatic rings. The van der Waals surface area contributed by atoms with Crippen LogP contribution in [-0.4, -0.2) is 4.98 Å². The number of aromatic nitrogens is 1. The molecule has 1 saturated carbocycles. The average molecular weight is 273 g/mol. The molecule has 1 aromatic heterocycles. The van der Waals surface area contributed by atoms with Gasteiger partial charge in [0.1, 0.15) is 0 Å². The monoisotopic (exact) mass is 272 g/mol. The summed E-state index contributed by atoms with van der Waals surface area (Å²) >= 11 is 5.97. The molecule has 0 amide bonds. The predicted octanol–water partition coefficient (Wildman–Crippen LogP) is 4.61. The maximum Gasteiger partial charge on any atom is 0.0561 e. The third kappa shape index (κ3) is 2.90. The molecule has 1 atom stereocenters. The molecule has 0 bridgehead atoms. The van der Waals surface area contributed by atoms with E-state index in [1.165, 1.54) is 24.0 Å². The van der Waals surface area contributed by atoms with Gasteiger partial charge in [0.15, 0.2) is 0 Å². The smallest absolute Gasteiger partial charge is 0.0561 e. The highest BCUT2D eigenvalue weighted by molar-refractivity contribution is 6.30. The molecule has 0 radical (unpaired) electrons. The van der Waals surface area contributed by atoms with Crippen LogP contribution in [0.2, 0.25) is 5.02 Å². The van der Waals surface area contributed by atoms with Crippen LogP contribution in [0.15, 0.2) is 42.7 Å². The zero-order valence-corrected chi connectivity index (χ0v) is 11.7. The van der Waals surface area contributed by atoms with Crippen molar-refractivity contribution >= 4 is 17.3 Å².